The van der Waals surface area contributed by atoms with Gasteiger partial charge in [0.25, 0.3) is 0 Å². The van der Waals surface area contributed by atoms with E-state index in [-0.39, 0.29) is 0 Å². The smallest absolute Gasteiger partial charge is 0.162 e. The first-order valence-corrected chi connectivity index (χ1v) is 4.87. The Kier molecular flexibility index (Phi) is 2.76. The van der Waals surface area contributed by atoms with Crippen LogP contribution in [0.4, 0.5) is 5.69 Å². The molecule has 1 aromatic carbocycles. The second kappa shape index (κ2) is 4.21. The summed E-state index contributed by atoms with van der Waals surface area (Å²) in [6.45, 7) is 0.926. The molecule has 0 bridgehead atoms. The summed E-state index contributed by atoms with van der Waals surface area (Å²) in [6.07, 6.45) is 2.91. The van der Waals surface area contributed by atoms with Crippen molar-refractivity contribution in [2.24, 2.45) is 5.10 Å². The molecule has 0 aliphatic carbocycles. The maximum Gasteiger partial charge on any atom is 0.162 e. The van der Waals surface area contributed by atoms with Crippen LogP contribution >= 0.6 is 0 Å². The molecule has 0 unspecified atom stereocenters. The fraction of sp³-hybridized carbons (Fsp3) is 0.364. The minimum absolute atomic E-state index is 0.733. The summed E-state index contributed by atoms with van der Waals surface area (Å²) in [4.78, 5) is 0. The van der Waals surface area contributed by atoms with Crippen LogP contribution in [0.5, 0.6) is 11.5 Å². The Morgan fingerprint density at radius 3 is 2.60 bits per heavy atom. The lowest BCUT2D eigenvalue weighted by Gasteiger charge is -2.16. The van der Waals surface area contributed by atoms with Crippen LogP contribution in [0.25, 0.3) is 0 Å². The van der Waals surface area contributed by atoms with Crippen LogP contribution in [0.2, 0.25) is 0 Å². The molecule has 80 valence electrons. The fourth-order valence-corrected chi connectivity index (χ4v) is 1.58. The Bertz CT molecular complexity index is 377. The van der Waals surface area contributed by atoms with Crippen LogP contribution in [-0.2, 0) is 0 Å². The Morgan fingerprint density at radius 1 is 1.20 bits per heavy atom. The molecule has 2 rings (SSSR count). The number of nitrogens with zero attached hydrogens (tertiary/aromatic N) is 2. The molecule has 4 nitrogen and oxygen atoms in total. The molecule has 0 radical (unpaired) electrons. The van der Waals surface area contributed by atoms with E-state index in [1.807, 2.05) is 29.4 Å². The predicted octanol–water partition coefficient (Wildman–Crippen LogP) is 1.90. The Morgan fingerprint density at radius 2 is 2.00 bits per heavy atom. The maximum atomic E-state index is 5.23. The van der Waals surface area contributed by atoms with E-state index < -0.39 is 0 Å². The van der Waals surface area contributed by atoms with Crippen molar-refractivity contribution < 1.29 is 9.47 Å². The number of benzene rings is 1. The van der Waals surface area contributed by atoms with Crippen molar-refractivity contribution in [3.63, 3.8) is 0 Å². The summed E-state index contributed by atoms with van der Waals surface area (Å²) in [5.74, 6) is 1.47. The number of hydrogen-bond donors (Lipinski definition) is 0. The SMILES string of the molecule is COc1ccc(N2CCC=N2)cc1OC. The van der Waals surface area contributed by atoms with Crippen molar-refractivity contribution >= 4 is 11.9 Å². The monoisotopic (exact) mass is 206 g/mol. The van der Waals surface area contributed by atoms with Crippen LogP contribution in [0.3, 0.4) is 0 Å². The highest BCUT2D eigenvalue weighted by molar-refractivity contribution is 5.66. The van der Waals surface area contributed by atoms with Gasteiger partial charge in [-0.1, -0.05) is 0 Å². The molecule has 0 saturated carbocycles. The van der Waals surface area contributed by atoms with Gasteiger partial charge < -0.3 is 9.47 Å². The summed E-state index contributed by atoms with van der Waals surface area (Å²) in [5.41, 5.74) is 1.03. The Hall–Kier alpha value is -1.71. The molecule has 0 aromatic heterocycles. The second-order valence-corrected chi connectivity index (χ2v) is 3.25. The van der Waals surface area contributed by atoms with Gasteiger partial charge in [0.2, 0.25) is 0 Å². The minimum Gasteiger partial charge on any atom is -0.493 e. The van der Waals surface area contributed by atoms with Gasteiger partial charge in [-0.3, -0.25) is 5.01 Å². The lowest BCUT2D eigenvalue weighted by molar-refractivity contribution is 0.355. The third kappa shape index (κ3) is 1.88. The molecule has 1 heterocycles. The van der Waals surface area contributed by atoms with Crippen molar-refractivity contribution in [3.05, 3.63) is 18.2 Å². The van der Waals surface area contributed by atoms with Gasteiger partial charge in [-0.2, -0.15) is 5.10 Å². The van der Waals surface area contributed by atoms with Crippen LogP contribution in [0, 0.1) is 0 Å². The second-order valence-electron chi connectivity index (χ2n) is 3.25. The van der Waals surface area contributed by atoms with Crippen molar-refractivity contribution in [1.29, 1.82) is 0 Å². The first-order chi connectivity index (χ1) is 7.35. The first-order valence-electron chi connectivity index (χ1n) is 4.87. The normalized spacial score (nSPS) is 14.4. The predicted molar refractivity (Wildman–Crippen MR) is 60.0 cm³/mol. The molecule has 4 heteroatoms. The van der Waals surface area contributed by atoms with E-state index in [0.717, 1.165) is 30.2 Å². The molecule has 1 aliphatic heterocycles. The van der Waals surface area contributed by atoms with Crippen LogP contribution in [0.1, 0.15) is 6.42 Å². The molecule has 0 spiro atoms. The molecular weight excluding hydrogens is 192 g/mol. The van der Waals surface area contributed by atoms with E-state index in [1.54, 1.807) is 14.2 Å². The van der Waals surface area contributed by atoms with Gasteiger partial charge in [0, 0.05) is 25.2 Å². The third-order valence-electron chi connectivity index (χ3n) is 2.36. The van der Waals surface area contributed by atoms with Gasteiger partial charge in [0.15, 0.2) is 11.5 Å². The quantitative estimate of drug-likeness (QED) is 0.757. The van der Waals surface area contributed by atoms with E-state index in [9.17, 15) is 0 Å². The number of hydrogen-bond acceptors (Lipinski definition) is 4. The average Bonchev–Trinajstić information content (AvgIpc) is 2.81. The Labute approximate surface area is 89.1 Å². The molecule has 0 fully saturated rings. The number of methoxy groups -OCH3 is 2. The van der Waals surface area contributed by atoms with Gasteiger partial charge in [0.05, 0.1) is 19.9 Å². The van der Waals surface area contributed by atoms with E-state index in [2.05, 4.69) is 5.10 Å². The van der Waals surface area contributed by atoms with Crippen molar-refractivity contribution in [1.82, 2.24) is 0 Å². The summed E-state index contributed by atoms with van der Waals surface area (Å²) in [7, 11) is 3.26. The molecule has 15 heavy (non-hydrogen) atoms. The zero-order valence-electron chi connectivity index (χ0n) is 8.93. The molecular formula is C11H14N2O2. The van der Waals surface area contributed by atoms with E-state index in [4.69, 9.17) is 9.47 Å². The van der Waals surface area contributed by atoms with Crippen LogP contribution < -0.4 is 14.5 Å². The highest BCUT2D eigenvalue weighted by Gasteiger charge is 2.11. The standard InChI is InChI=1S/C11H14N2O2/c1-14-10-5-4-9(8-11(10)15-2)13-7-3-6-12-13/h4-6,8H,3,7H2,1-2H3. The summed E-state index contributed by atoms with van der Waals surface area (Å²) in [6, 6.07) is 5.80. The molecule has 1 aliphatic rings. The number of anilines is 1. The van der Waals surface area contributed by atoms with Gasteiger partial charge in [-0.05, 0) is 12.1 Å². The third-order valence-corrected chi connectivity index (χ3v) is 2.36. The van der Waals surface area contributed by atoms with E-state index in [0.29, 0.717) is 0 Å². The van der Waals surface area contributed by atoms with Gasteiger partial charge in [0.1, 0.15) is 0 Å². The van der Waals surface area contributed by atoms with Crippen molar-refractivity contribution in [3.8, 4) is 11.5 Å². The average molecular weight is 206 g/mol. The van der Waals surface area contributed by atoms with Gasteiger partial charge in [-0.15, -0.1) is 0 Å². The molecule has 0 saturated heterocycles. The summed E-state index contributed by atoms with van der Waals surface area (Å²) >= 11 is 0. The summed E-state index contributed by atoms with van der Waals surface area (Å²) in [5, 5.41) is 6.20. The van der Waals surface area contributed by atoms with Gasteiger partial charge >= 0.3 is 0 Å². The largest absolute Gasteiger partial charge is 0.493 e. The van der Waals surface area contributed by atoms with E-state index >= 15 is 0 Å². The lowest BCUT2D eigenvalue weighted by atomic mass is 10.2. The Balaban J connectivity index is 2.29. The highest BCUT2D eigenvalue weighted by atomic mass is 16.5. The van der Waals surface area contributed by atoms with Gasteiger partial charge in [-0.25, -0.2) is 0 Å². The summed E-state index contributed by atoms with van der Waals surface area (Å²) < 4.78 is 10.4. The highest BCUT2D eigenvalue weighted by Crippen LogP contribution is 2.32. The molecule has 0 N–H and O–H groups in total. The maximum absolute atomic E-state index is 5.23. The topological polar surface area (TPSA) is 34.1 Å². The minimum atomic E-state index is 0.733. The molecule has 0 atom stereocenters. The number of rotatable bonds is 3. The number of ether oxygens (including phenoxy) is 2. The van der Waals surface area contributed by atoms with Crippen molar-refractivity contribution in [2.45, 2.75) is 6.42 Å². The number of hydrazone groups is 1. The zero-order valence-corrected chi connectivity index (χ0v) is 8.93. The van der Waals surface area contributed by atoms with Crippen LogP contribution in [-0.4, -0.2) is 27.0 Å². The van der Waals surface area contributed by atoms with E-state index in [1.165, 1.54) is 0 Å². The fourth-order valence-electron chi connectivity index (χ4n) is 1.58. The van der Waals surface area contributed by atoms with Crippen LogP contribution in [0.15, 0.2) is 23.3 Å². The first kappa shape index (κ1) is 9.83. The lowest BCUT2D eigenvalue weighted by Crippen LogP contribution is -2.11. The zero-order chi connectivity index (χ0) is 10.7. The molecule has 0 amide bonds. The van der Waals surface area contributed by atoms with Crippen molar-refractivity contribution in [2.75, 3.05) is 25.8 Å². The molecule has 1 aromatic rings.